The van der Waals surface area contributed by atoms with Crippen LogP contribution in [0.3, 0.4) is 0 Å². The highest BCUT2D eigenvalue weighted by atomic mass is 32.1. The number of benzene rings is 1. The van der Waals surface area contributed by atoms with Crippen molar-refractivity contribution in [3.05, 3.63) is 46.6 Å². The predicted molar refractivity (Wildman–Crippen MR) is 66.1 cm³/mol. The van der Waals surface area contributed by atoms with Crippen LogP contribution in [0.15, 0.2) is 30.5 Å². The summed E-state index contributed by atoms with van der Waals surface area (Å²) in [5.74, 6) is -0.145. The summed E-state index contributed by atoms with van der Waals surface area (Å²) in [6.45, 7) is 3.11. The van der Waals surface area contributed by atoms with Crippen LogP contribution < -0.4 is 0 Å². The van der Waals surface area contributed by atoms with Crippen molar-refractivity contribution in [2.45, 2.75) is 20.0 Å². The van der Waals surface area contributed by atoms with E-state index in [1.165, 1.54) is 12.1 Å². The zero-order valence-electron chi connectivity index (χ0n) is 9.43. The molecule has 0 aliphatic heterocycles. The van der Waals surface area contributed by atoms with Crippen molar-refractivity contribution in [1.29, 1.82) is 0 Å². The first-order valence-corrected chi connectivity index (χ1v) is 5.76. The minimum absolute atomic E-state index is 0.126. The second kappa shape index (κ2) is 4.71. The maximum atomic E-state index is 12.8. The van der Waals surface area contributed by atoms with Gasteiger partial charge in [-0.1, -0.05) is 12.1 Å². The van der Waals surface area contributed by atoms with Crippen LogP contribution in [0.4, 0.5) is 4.39 Å². The van der Waals surface area contributed by atoms with Crippen molar-refractivity contribution in [2.75, 3.05) is 0 Å². The molecule has 0 unspecified atom stereocenters. The summed E-state index contributed by atoms with van der Waals surface area (Å²) < 4.78 is 16.7. The molecular weight excluding hydrogens is 239 g/mol. The lowest BCUT2D eigenvalue weighted by Gasteiger charge is -2.04. The molecule has 0 atom stereocenters. The second-order valence-corrected chi connectivity index (χ2v) is 4.13. The summed E-state index contributed by atoms with van der Waals surface area (Å²) in [6, 6.07) is 6.15. The zero-order chi connectivity index (χ0) is 12.4. The van der Waals surface area contributed by atoms with Gasteiger partial charge in [0.1, 0.15) is 5.82 Å². The molecule has 0 bridgehead atoms. The van der Waals surface area contributed by atoms with Gasteiger partial charge < -0.3 is 9.67 Å². The van der Waals surface area contributed by atoms with Crippen molar-refractivity contribution in [3.8, 4) is 5.88 Å². The molecule has 2 aromatic rings. The standard InChI is InChI=1S/C12H13FN2OS/c1-2-14-8-11(16)15(12(14)17)7-9-3-5-10(13)6-4-9/h3-6,8,16H,2,7H2,1H3. The van der Waals surface area contributed by atoms with Gasteiger partial charge in [0.15, 0.2) is 4.77 Å². The summed E-state index contributed by atoms with van der Waals surface area (Å²) in [6.07, 6.45) is 1.60. The van der Waals surface area contributed by atoms with E-state index in [0.717, 1.165) is 5.56 Å². The Hall–Kier alpha value is -1.62. The lowest BCUT2D eigenvalue weighted by molar-refractivity contribution is 0.423. The molecule has 0 spiro atoms. The van der Waals surface area contributed by atoms with Gasteiger partial charge >= 0.3 is 0 Å². The van der Waals surface area contributed by atoms with Crippen molar-refractivity contribution in [1.82, 2.24) is 9.13 Å². The summed E-state index contributed by atoms with van der Waals surface area (Å²) in [7, 11) is 0. The highest BCUT2D eigenvalue weighted by Crippen LogP contribution is 2.15. The van der Waals surface area contributed by atoms with Gasteiger partial charge in [0.25, 0.3) is 0 Å². The van der Waals surface area contributed by atoms with Crippen LogP contribution in [0.2, 0.25) is 0 Å². The number of nitrogens with zero attached hydrogens (tertiary/aromatic N) is 2. The van der Waals surface area contributed by atoms with E-state index in [4.69, 9.17) is 12.2 Å². The summed E-state index contributed by atoms with van der Waals surface area (Å²) in [5.41, 5.74) is 0.895. The van der Waals surface area contributed by atoms with Crippen LogP contribution in [0.5, 0.6) is 5.88 Å². The largest absolute Gasteiger partial charge is 0.493 e. The van der Waals surface area contributed by atoms with Gasteiger partial charge in [0.05, 0.1) is 12.7 Å². The molecule has 90 valence electrons. The second-order valence-electron chi connectivity index (χ2n) is 3.77. The highest BCUT2D eigenvalue weighted by Gasteiger charge is 2.06. The van der Waals surface area contributed by atoms with Crippen LogP contribution in [0, 0.1) is 10.6 Å². The van der Waals surface area contributed by atoms with E-state index in [1.807, 2.05) is 6.92 Å². The number of rotatable bonds is 3. The minimum atomic E-state index is -0.271. The molecule has 0 radical (unpaired) electrons. The molecule has 0 amide bonds. The van der Waals surface area contributed by atoms with E-state index in [2.05, 4.69) is 0 Å². The highest BCUT2D eigenvalue weighted by molar-refractivity contribution is 7.71. The van der Waals surface area contributed by atoms with Gasteiger partial charge in [-0.15, -0.1) is 0 Å². The predicted octanol–water partition coefficient (Wildman–Crippen LogP) is 2.93. The van der Waals surface area contributed by atoms with E-state index in [9.17, 15) is 9.50 Å². The Labute approximate surface area is 104 Å². The maximum absolute atomic E-state index is 12.8. The molecule has 5 heteroatoms. The van der Waals surface area contributed by atoms with Crippen LogP contribution in [-0.2, 0) is 13.1 Å². The molecule has 0 fully saturated rings. The topological polar surface area (TPSA) is 30.1 Å². The Kier molecular flexibility index (Phi) is 3.28. The Morgan fingerprint density at radius 3 is 2.47 bits per heavy atom. The lowest BCUT2D eigenvalue weighted by atomic mass is 10.2. The number of hydrogen-bond donors (Lipinski definition) is 1. The minimum Gasteiger partial charge on any atom is -0.493 e. The lowest BCUT2D eigenvalue weighted by Crippen LogP contribution is -2.01. The molecule has 17 heavy (non-hydrogen) atoms. The fourth-order valence-corrected chi connectivity index (χ4v) is 2.00. The number of hydrogen-bond acceptors (Lipinski definition) is 2. The summed E-state index contributed by atoms with van der Waals surface area (Å²) in [5, 5.41) is 9.76. The van der Waals surface area contributed by atoms with Crippen molar-refractivity contribution >= 4 is 12.2 Å². The molecule has 1 N–H and O–H groups in total. The molecule has 0 saturated carbocycles. The molecule has 3 nitrogen and oxygen atoms in total. The average Bonchev–Trinajstić information content (AvgIpc) is 2.59. The fraction of sp³-hybridized carbons (Fsp3) is 0.250. The number of aromatic hydroxyl groups is 1. The molecule has 1 aromatic heterocycles. The normalized spacial score (nSPS) is 10.7. The van der Waals surface area contributed by atoms with Crippen LogP contribution in [0.25, 0.3) is 0 Å². The van der Waals surface area contributed by atoms with Gasteiger partial charge in [-0.2, -0.15) is 0 Å². The fourth-order valence-electron chi connectivity index (χ4n) is 1.66. The summed E-state index contributed by atoms with van der Waals surface area (Å²) >= 11 is 5.23. The summed E-state index contributed by atoms with van der Waals surface area (Å²) in [4.78, 5) is 0. The van der Waals surface area contributed by atoms with E-state index >= 15 is 0 Å². The van der Waals surface area contributed by atoms with Crippen LogP contribution in [0.1, 0.15) is 12.5 Å². The Bertz CT molecular complexity index is 571. The molecule has 0 saturated heterocycles. The molecule has 0 aliphatic rings. The zero-order valence-corrected chi connectivity index (χ0v) is 10.2. The van der Waals surface area contributed by atoms with Gasteiger partial charge in [-0.3, -0.25) is 4.57 Å². The molecular formula is C12H13FN2OS. The van der Waals surface area contributed by atoms with E-state index in [0.29, 0.717) is 17.9 Å². The molecule has 0 aliphatic carbocycles. The maximum Gasteiger partial charge on any atom is 0.210 e. The van der Waals surface area contributed by atoms with Gasteiger partial charge in [0, 0.05) is 6.54 Å². The quantitative estimate of drug-likeness (QED) is 0.851. The molecule has 1 aromatic carbocycles. The molecule has 2 rings (SSSR count). The first-order valence-electron chi connectivity index (χ1n) is 5.35. The Balaban J connectivity index is 2.33. The Morgan fingerprint density at radius 2 is 1.94 bits per heavy atom. The first kappa shape index (κ1) is 11.9. The third-order valence-corrected chi connectivity index (χ3v) is 3.07. The first-order chi connectivity index (χ1) is 8.11. The van der Waals surface area contributed by atoms with Gasteiger partial charge in [0.2, 0.25) is 5.88 Å². The van der Waals surface area contributed by atoms with Crippen molar-refractivity contribution in [2.24, 2.45) is 0 Å². The molecule has 1 heterocycles. The SMILES string of the molecule is CCn1cc(O)n(Cc2ccc(F)cc2)c1=S. The van der Waals surface area contributed by atoms with E-state index in [-0.39, 0.29) is 11.7 Å². The van der Waals surface area contributed by atoms with Crippen molar-refractivity contribution in [3.63, 3.8) is 0 Å². The van der Waals surface area contributed by atoms with Crippen LogP contribution in [-0.4, -0.2) is 14.2 Å². The third kappa shape index (κ3) is 2.39. The number of halogens is 1. The van der Waals surface area contributed by atoms with E-state index < -0.39 is 0 Å². The average molecular weight is 252 g/mol. The van der Waals surface area contributed by atoms with Crippen LogP contribution >= 0.6 is 12.2 Å². The van der Waals surface area contributed by atoms with E-state index in [1.54, 1.807) is 27.5 Å². The van der Waals surface area contributed by atoms with Gasteiger partial charge in [-0.05, 0) is 36.8 Å². The van der Waals surface area contributed by atoms with Gasteiger partial charge in [-0.25, -0.2) is 4.39 Å². The Morgan fingerprint density at radius 1 is 1.29 bits per heavy atom. The third-order valence-electron chi connectivity index (χ3n) is 2.62. The van der Waals surface area contributed by atoms with Crippen molar-refractivity contribution < 1.29 is 9.50 Å². The number of aromatic nitrogens is 2. The smallest absolute Gasteiger partial charge is 0.210 e. The number of aryl methyl sites for hydroxylation is 1. The number of imidazole rings is 1. The monoisotopic (exact) mass is 252 g/mol.